The monoisotopic (exact) mass is 298 g/mol. The molecule has 3 N–H and O–H groups in total. The molecule has 19 heavy (non-hydrogen) atoms. The largest absolute Gasteiger partial charge is 0.387 e. The molecule has 0 amide bonds. The molecule has 1 aromatic heterocycles. The average Bonchev–Trinajstić information content (AvgIpc) is 2.83. The van der Waals surface area contributed by atoms with E-state index >= 15 is 0 Å². The number of piperidine rings is 1. The lowest BCUT2D eigenvalue weighted by Crippen LogP contribution is -2.38. The van der Waals surface area contributed by atoms with Crippen molar-refractivity contribution in [1.82, 2.24) is 10.3 Å². The molecule has 1 aliphatic heterocycles. The molecule has 0 spiro atoms. The summed E-state index contributed by atoms with van der Waals surface area (Å²) in [5.41, 5.74) is 1.71. The standard InChI is InChI=1S/C14H16Cl2N2O/c15-8-5-10(16)13-9(7-18-12(13)6-8)14(19)11-3-1-2-4-17-11/h5-7,11,14,17-19H,1-4H2. The van der Waals surface area contributed by atoms with Gasteiger partial charge >= 0.3 is 0 Å². The minimum atomic E-state index is -0.548. The van der Waals surface area contributed by atoms with Crippen molar-refractivity contribution in [2.45, 2.75) is 31.4 Å². The summed E-state index contributed by atoms with van der Waals surface area (Å²) in [5.74, 6) is 0. The summed E-state index contributed by atoms with van der Waals surface area (Å²) in [4.78, 5) is 3.13. The number of hydrogen-bond acceptors (Lipinski definition) is 2. The summed E-state index contributed by atoms with van der Waals surface area (Å²) in [6.45, 7) is 0.962. The Bertz CT molecular complexity index is 590. The first-order valence-corrected chi connectivity index (χ1v) is 7.30. The quantitative estimate of drug-likeness (QED) is 0.792. The van der Waals surface area contributed by atoms with Gasteiger partial charge in [-0.1, -0.05) is 29.6 Å². The first-order valence-electron chi connectivity index (χ1n) is 6.54. The minimum Gasteiger partial charge on any atom is -0.387 e. The third kappa shape index (κ3) is 2.48. The molecular formula is C14H16Cl2N2O. The third-order valence-corrected chi connectivity index (χ3v) is 4.29. The average molecular weight is 299 g/mol. The Balaban J connectivity index is 2.00. The van der Waals surface area contributed by atoms with Gasteiger partial charge in [-0.25, -0.2) is 0 Å². The van der Waals surface area contributed by atoms with E-state index < -0.39 is 6.10 Å². The zero-order valence-electron chi connectivity index (χ0n) is 10.4. The number of aromatic amines is 1. The van der Waals surface area contributed by atoms with Gasteiger partial charge in [0.2, 0.25) is 0 Å². The Kier molecular flexibility index (Phi) is 3.72. The van der Waals surface area contributed by atoms with Crippen LogP contribution in [-0.2, 0) is 0 Å². The van der Waals surface area contributed by atoms with Gasteiger partial charge in [0.1, 0.15) is 0 Å². The molecule has 2 unspecified atom stereocenters. The molecule has 0 saturated carbocycles. The highest BCUT2D eigenvalue weighted by molar-refractivity contribution is 6.38. The molecule has 1 fully saturated rings. The Labute approximate surface area is 121 Å². The summed E-state index contributed by atoms with van der Waals surface area (Å²) in [7, 11) is 0. The van der Waals surface area contributed by atoms with Crippen molar-refractivity contribution in [2.24, 2.45) is 0 Å². The van der Waals surface area contributed by atoms with E-state index in [0.717, 1.165) is 35.9 Å². The highest BCUT2D eigenvalue weighted by Gasteiger charge is 2.25. The summed E-state index contributed by atoms with van der Waals surface area (Å²) in [6.07, 6.45) is 4.59. The topological polar surface area (TPSA) is 48.0 Å². The van der Waals surface area contributed by atoms with Gasteiger partial charge in [0.25, 0.3) is 0 Å². The minimum absolute atomic E-state index is 0.0968. The van der Waals surface area contributed by atoms with E-state index in [1.54, 1.807) is 6.07 Å². The van der Waals surface area contributed by atoms with E-state index in [1.165, 1.54) is 6.42 Å². The number of hydrogen-bond donors (Lipinski definition) is 3. The van der Waals surface area contributed by atoms with Crippen LogP contribution in [0.5, 0.6) is 0 Å². The molecule has 1 aromatic carbocycles. The van der Waals surface area contributed by atoms with Crippen molar-refractivity contribution in [2.75, 3.05) is 6.54 Å². The second-order valence-electron chi connectivity index (χ2n) is 5.06. The lowest BCUT2D eigenvalue weighted by molar-refractivity contribution is 0.115. The van der Waals surface area contributed by atoms with Crippen molar-refractivity contribution in [1.29, 1.82) is 0 Å². The molecule has 1 aliphatic rings. The predicted molar refractivity (Wildman–Crippen MR) is 78.9 cm³/mol. The van der Waals surface area contributed by atoms with Crippen LogP contribution in [0, 0.1) is 0 Å². The van der Waals surface area contributed by atoms with Gasteiger partial charge in [-0.15, -0.1) is 0 Å². The molecule has 3 nitrogen and oxygen atoms in total. The van der Waals surface area contributed by atoms with E-state index in [-0.39, 0.29) is 6.04 Å². The van der Waals surface area contributed by atoms with Gasteiger partial charge in [-0.05, 0) is 31.5 Å². The first-order chi connectivity index (χ1) is 9.16. The Morgan fingerprint density at radius 3 is 2.84 bits per heavy atom. The van der Waals surface area contributed by atoms with Gasteiger partial charge in [-0.3, -0.25) is 0 Å². The molecule has 1 saturated heterocycles. The van der Waals surface area contributed by atoms with Crippen LogP contribution in [0.25, 0.3) is 10.9 Å². The summed E-state index contributed by atoms with van der Waals surface area (Å²) in [6, 6.07) is 3.64. The Hall–Kier alpha value is -0.740. The molecule has 0 bridgehead atoms. The molecule has 102 valence electrons. The van der Waals surface area contributed by atoms with Crippen LogP contribution in [0.15, 0.2) is 18.3 Å². The van der Waals surface area contributed by atoms with Crippen LogP contribution in [0.3, 0.4) is 0 Å². The fraction of sp³-hybridized carbons (Fsp3) is 0.429. The van der Waals surface area contributed by atoms with E-state index in [0.29, 0.717) is 10.0 Å². The van der Waals surface area contributed by atoms with Crippen LogP contribution in [0.1, 0.15) is 30.9 Å². The third-order valence-electron chi connectivity index (χ3n) is 3.78. The molecule has 2 heterocycles. The summed E-state index contributed by atoms with van der Waals surface area (Å²) >= 11 is 12.2. The van der Waals surface area contributed by atoms with E-state index in [9.17, 15) is 5.11 Å². The number of aliphatic hydroxyl groups excluding tert-OH is 1. The zero-order valence-corrected chi connectivity index (χ0v) is 11.9. The number of nitrogens with one attached hydrogen (secondary N) is 2. The van der Waals surface area contributed by atoms with Gasteiger partial charge in [-0.2, -0.15) is 0 Å². The molecule has 3 rings (SSSR count). The molecule has 2 atom stereocenters. The molecule has 0 radical (unpaired) electrons. The number of aromatic nitrogens is 1. The van der Waals surface area contributed by atoms with Gasteiger partial charge < -0.3 is 15.4 Å². The van der Waals surface area contributed by atoms with Crippen LogP contribution in [0.4, 0.5) is 0 Å². The lowest BCUT2D eigenvalue weighted by atomic mass is 9.95. The van der Waals surface area contributed by atoms with Crippen molar-refractivity contribution in [3.05, 3.63) is 33.9 Å². The fourth-order valence-corrected chi connectivity index (χ4v) is 3.41. The maximum atomic E-state index is 10.6. The highest BCUT2D eigenvalue weighted by atomic mass is 35.5. The SMILES string of the molecule is OC(c1c[nH]c2cc(Cl)cc(Cl)c12)C1CCCCN1. The predicted octanol–water partition coefficient (Wildman–Crippen LogP) is 3.65. The number of fused-ring (bicyclic) bond motifs is 1. The summed E-state index contributed by atoms with van der Waals surface area (Å²) < 4.78 is 0. The van der Waals surface area contributed by atoms with Crippen LogP contribution < -0.4 is 5.32 Å². The van der Waals surface area contributed by atoms with E-state index in [4.69, 9.17) is 23.2 Å². The van der Waals surface area contributed by atoms with Crippen LogP contribution in [0.2, 0.25) is 10.0 Å². The normalized spacial score (nSPS) is 21.7. The number of H-pyrrole nitrogens is 1. The maximum absolute atomic E-state index is 10.6. The molecule has 5 heteroatoms. The number of rotatable bonds is 2. The summed E-state index contributed by atoms with van der Waals surface area (Å²) in [5, 5.41) is 16.0. The Morgan fingerprint density at radius 2 is 2.11 bits per heavy atom. The number of halogens is 2. The second-order valence-corrected chi connectivity index (χ2v) is 5.90. The molecule has 2 aromatic rings. The van der Waals surface area contributed by atoms with E-state index in [2.05, 4.69) is 10.3 Å². The van der Waals surface area contributed by atoms with Crippen LogP contribution in [-0.4, -0.2) is 22.7 Å². The van der Waals surface area contributed by atoms with Crippen molar-refractivity contribution < 1.29 is 5.11 Å². The van der Waals surface area contributed by atoms with Crippen molar-refractivity contribution in [3.8, 4) is 0 Å². The maximum Gasteiger partial charge on any atom is 0.0964 e. The van der Waals surface area contributed by atoms with Crippen molar-refractivity contribution >= 4 is 34.1 Å². The van der Waals surface area contributed by atoms with Crippen LogP contribution >= 0.6 is 23.2 Å². The lowest BCUT2D eigenvalue weighted by Gasteiger charge is -2.28. The fourth-order valence-electron chi connectivity index (χ4n) is 2.81. The van der Waals surface area contributed by atoms with Gasteiger partial charge in [0.05, 0.1) is 11.1 Å². The van der Waals surface area contributed by atoms with Crippen molar-refractivity contribution in [3.63, 3.8) is 0 Å². The smallest absolute Gasteiger partial charge is 0.0964 e. The molecule has 0 aliphatic carbocycles. The first kappa shape index (κ1) is 13.3. The van der Waals surface area contributed by atoms with E-state index in [1.807, 2.05) is 12.3 Å². The van der Waals surface area contributed by atoms with Gasteiger partial charge in [0, 0.05) is 33.7 Å². The van der Waals surface area contributed by atoms with Gasteiger partial charge in [0.15, 0.2) is 0 Å². The molecular weight excluding hydrogens is 283 g/mol. The highest BCUT2D eigenvalue weighted by Crippen LogP contribution is 2.35. The zero-order chi connectivity index (χ0) is 13.4. The second kappa shape index (κ2) is 5.33. The number of benzene rings is 1. The number of aliphatic hydroxyl groups is 1. The Morgan fingerprint density at radius 1 is 1.26 bits per heavy atom.